The Morgan fingerprint density at radius 3 is 2.50 bits per heavy atom. The first-order valence-electron chi connectivity index (χ1n) is 4.18. The van der Waals surface area contributed by atoms with Gasteiger partial charge in [0.1, 0.15) is 0 Å². The molecule has 1 rings (SSSR count). The van der Waals surface area contributed by atoms with Crippen molar-refractivity contribution in [1.82, 2.24) is 0 Å². The van der Waals surface area contributed by atoms with E-state index in [1.54, 1.807) is 0 Å². The maximum absolute atomic E-state index is 5.76. The third-order valence-corrected chi connectivity index (χ3v) is 1.85. The Labute approximate surface area is 73.7 Å². The molecule has 0 unspecified atom stereocenters. The number of anilines is 1. The Bertz CT molecular complexity index is 223. The number of hydrogen-bond donors (Lipinski definition) is 1. The molecule has 68 valence electrons. The van der Waals surface area contributed by atoms with Crippen LogP contribution in [0.4, 0.5) is 5.69 Å². The smallest absolute Gasteiger partial charge is 0.0346 e. The highest BCUT2D eigenvalue weighted by atomic mass is 16.0. The molecule has 0 bridgehead atoms. The van der Waals surface area contributed by atoms with Gasteiger partial charge < -0.3 is 11.2 Å². The number of benzene rings is 1. The molecule has 0 saturated heterocycles. The molecule has 1 aromatic carbocycles. The van der Waals surface area contributed by atoms with Crippen LogP contribution in [0.5, 0.6) is 0 Å². The third-order valence-electron chi connectivity index (χ3n) is 1.85. The van der Waals surface area contributed by atoms with Gasteiger partial charge in [-0.1, -0.05) is 31.5 Å². The van der Waals surface area contributed by atoms with Gasteiger partial charge in [0.05, 0.1) is 0 Å². The summed E-state index contributed by atoms with van der Waals surface area (Å²) in [5.74, 6) is 0. The van der Waals surface area contributed by atoms with E-state index >= 15 is 0 Å². The Morgan fingerprint density at radius 2 is 1.92 bits per heavy atom. The van der Waals surface area contributed by atoms with Gasteiger partial charge in [-0.05, 0) is 24.5 Å². The van der Waals surface area contributed by atoms with Crippen LogP contribution in [0.1, 0.15) is 25.3 Å². The van der Waals surface area contributed by atoms with Crippen LogP contribution in [0.2, 0.25) is 0 Å². The first kappa shape index (κ1) is 11.0. The standard InChI is InChI=1S/C10H15N.H2O/c1-2-3-6-9-7-4-5-8-10(9)11;/h4-5,7-8H,2-3,6,11H2,1H3;1H2. The molecule has 0 aliphatic carbocycles. The molecular weight excluding hydrogens is 150 g/mol. The van der Waals surface area contributed by atoms with E-state index in [0.717, 1.165) is 12.1 Å². The summed E-state index contributed by atoms with van der Waals surface area (Å²) in [5, 5.41) is 0. The van der Waals surface area contributed by atoms with Crippen LogP contribution in [0.3, 0.4) is 0 Å². The Morgan fingerprint density at radius 1 is 1.25 bits per heavy atom. The van der Waals surface area contributed by atoms with E-state index in [2.05, 4.69) is 13.0 Å². The zero-order valence-corrected chi connectivity index (χ0v) is 7.51. The Balaban J connectivity index is 0.00000121. The highest BCUT2D eigenvalue weighted by molar-refractivity contribution is 5.46. The van der Waals surface area contributed by atoms with Crippen molar-refractivity contribution in [3.63, 3.8) is 0 Å². The molecule has 0 aromatic heterocycles. The van der Waals surface area contributed by atoms with Crippen LogP contribution in [0.25, 0.3) is 0 Å². The number of hydrogen-bond acceptors (Lipinski definition) is 1. The molecule has 0 spiro atoms. The van der Waals surface area contributed by atoms with Gasteiger partial charge in [0, 0.05) is 5.69 Å². The third kappa shape index (κ3) is 2.93. The van der Waals surface area contributed by atoms with Crippen LogP contribution in [-0.4, -0.2) is 5.48 Å². The SMILES string of the molecule is CCCCc1ccccc1N.O. The van der Waals surface area contributed by atoms with Crippen molar-refractivity contribution >= 4 is 5.69 Å². The zero-order chi connectivity index (χ0) is 8.10. The molecule has 0 saturated carbocycles. The van der Waals surface area contributed by atoms with Crippen molar-refractivity contribution in [1.29, 1.82) is 0 Å². The normalized spacial score (nSPS) is 9.08. The molecule has 12 heavy (non-hydrogen) atoms. The molecule has 4 N–H and O–H groups in total. The number of nitrogens with two attached hydrogens (primary N) is 1. The lowest BCUT2D eigenvalue weighted by molar-refractivity contribution is 0.796. The number of rotatable bonds is 3. The quantitative estimate of drug-likeness (QED) is 0.685. The fraction of sp³-hybridized carbons (Fsp3) is 0.400. The minimum atomic E-state index is 0. The Kier molecular flexibility index (Phi) is 5.13. The van der Waals surface area contributed by atoms with Crippen molar-refractivity contribution in [3.8, 4) is 0 Å². The second kappa shape index (κ2) is 5.61. The average Bonchev–Trinajstić information content (AvgIpc) is 2.03. The van der Waals surface area contributed by atoms with Crippen molar-refractivity contribution in [2.75, 3.05) is 5.73 Å². The summed E-state index contributed by atoms with van der Waals surface area (Å²) in [6, 6.07) is 8.09. The van der Waals surface area contributed by atoms with Crippen molar-refractivity contribution in [2.24, 2.45) is 0 Å². The molecule has 0 radical (unpaired) electrons. The van der Waals surface area contributed by atoms with Crippen molar-refractivity contribution in [3.05, 3.63) is 29.8 Å². The summed E-state index contributed by atoms with van der Waals surface area (Å²) >= 11 is 0. The summed E-state index contributed by atoms with van der Waals surface area (Å²) in [6.07, 6.45) is 3.58. The van der Waals surface area contributed by atoms with Crippen LogP contribution >= 0.6 is 0 Å². The van der Waals surface area contributed by atoms with Crippen LogP contribution in [0, 0.1) is 0 Å². The van der Waals surface area contributed by atoms with E-state index in [0.29, 0.717) is 0 Å². The number of nitrogen functional groups attached to an aromatic ring is 1. The van der Waals surface area contributed by atoms with Gasteiger partial charge in [-0.2, -0.15) is 0 Å². The summed E-state index contributed by atoms with van der Waals surface area (Å²) in [5.41, 5.74) is 7.98. The molecule has 2 nitrogen and oxygen atoms in total. The van der Waals surface area contributed by atoms with Gasteiger partial charge in [0.15, 0.2) is 0 Å². The maximum Gasteiger partial charge on any atom is 0.0346 e. The minimum Gasteiger partial charge on any atom is -0.412 e. The highest BCUT2D eigenvalue weighted by Gasteiger charge is 1.94. The van der Waals surface area contributed by atoms with Gasteiger partial charge in [0.25, 0.3) is 0 Å². The monoisotopic (exact) mass is 167 g/mol. The fourth-order valence-corrected chi connectivity index (χ4v) is 1.13. The summed E-state index contributed by atoms with van der Waals surface area (Å²) < 4.78 is 0. The van der Waals surface area contributed by atoms with Crippen LogP contribution in [-0.2, 0) is 6.42 Å². The van der Waals surface area contributed by atoms with E-state index in [4.69, 9.17) is 5.73 Å². The molecule has 0 heterocycles. The van der Waals surface area contributed by atoms with Gasteiger partial charge in [0.2, 0.25) is 0 Å². The predicted octanol–water partition coefficient (Wildman–Crippen LogP) is 1.79. The topological polar surface area (TPSA) is 57.5 Å². The van der Waals surface area contributed by atoms with Crippen LogP contribution in [0.15, 0.2) is 24.3 Å². The Hall–Kier alpha value is -1.02. The minimum absolute atomic E-state index is 0. The summed E-state index contributed by atoms with van der Waals surface area (Å²) in [7, 11) is 0. The molecular formula is C10H17NO. The lowest BCUT2D eigenvalue weighted by Gasteiger charge is -2.02. The van der Waals surface area contributed by atoms with Gasteiger partial charge >= 0.3 is 0 Å². The number of para-hydroxylation sites is 1. The van der Waals surface area contributed by atoms with E-state index < -0.39 is 0 Å². The largest absolute Gasteiger partial charge is 0.412 e. The molecule has 0 amide bonds. The summed E-state index contributed by atoms with van der Waals surface area (Å²) in [6.45, 7) is 2.19. The lowest BCUT2D eigenvalue weighted by atomic mass is 10.1. The van der Waals surface area contributed by atoms with Gasteiger partial charge in [-0.15, -0.1) is 0 Å². The molecule has 1 aromatic rings. The number of aryl methyl sites for hydroxylation is 1. The second-order valence-electron chi connectivity index (χ2n) is 2.80. The maximum atomic E-state index is 5.76. The van der Waals surface area contributed by atoms with Crippen molar-refractivity contribution in [2.45, 2.75) is 26.2 Å². The second-order valence-corrected chi connectivity index (χ2v) is 2.80. The molecule has 2 heteroatoms. The van der Waals surface area contributed by atoms with Crippen LogP contribution < -0.4 is 5.73 Å². The first-order chi connectivity index (χ1) is 5.34. The average molecular weight is 167 g/mol. The van der Waals surface area contributed by atoms with Crippen molar-refractivity contribution < 1.29 is 5.48 Å². The van der Waals surface area contributed by atoms with E-state index in [1.165, 1.54) is 18.4 Å². The van der Waals surface area contributed by atoms with E-state index in [-0.39, 0.29) is 5.48 Å². The number of unbranched alkanes of at least 4 members (excludes halogenated alkanes) is 1. The molecule has 0 aliphatic heterocycles. The fourth-order valence-electron chi connectivity index (χ4n) is 1.13. The van der Waals surface area contributed by atoms with E-state index in [9.17, 15) is 0 Å². The van der Waals surface area contributed by atoms with Gasteiger partial charge in [-0.3, -0.25) is 0 Å². The predicted molar refractivity (Wildman–Crippen MR) is 53.1 cm³/mol. The lowest BCUT2D eigenvalue weighted by Crippen LogP contribution is -1.92. The molecule has 0 atom stereocenters. The molecule has 0 aliphatic rings. The molecule has 0 fully saturated rings. The van der Waals surface area contributed by atoms with Gasteiger partial charge in [-0.25, -0.2) is 0 Å². The first-order valence-corrected chi connectivity index (χ1v) is 4.18. The zero-order valence-electron chi connectivity index (χ0n) is 7.51. The highest BCUT2D eigenvalue weighted by Crippen LogP contribution is 2.12. The summed E-state index contributed by atoms with van der Waals surface area (Å²) in [4.78, 5) is 0. The van der Waals surface area contributed by atoms with E-state index in [1.807, 2.05) is 18.2 Å².